The maximum Gasteiger partial charge on any atom is 0.115 e. The number of aryl methyl sites for hydroxylation is 1. The van der Waals surface area contributed by atoms with Gasteiger partial charge in [0.25, 0.3) is 0 Å². The first kappa shape index (κ1) is 8.25. The normalized spacial score (nSPS) is 7.62. The van der Waals surface area contributed by atoms with Crippen LogP contribution in [-0.2, 0) is 39.8 Å². The molecule has 1 rings (SSSR count). The molecule has 1 aromatic heterocycles. The van der Waals surface area contributed by atoms with E-state index in [1.807, 2.05) is 36.1 Å². The van der Waals surface area contributed by atoms with Gasteiger partial charge in [-0.05, 0) is 0 Å². The fraction of sp³-hybridized carbons (Fsp3) is 0.167. The van der Waals surface area contributed by atoms with Gasteiger partial charge in [-0.3, -0.25) is 0 Å². The fourth-order valence-electron chi connectivity index (χ4n) is 0.426. The van der Waals surface area contributed by atoms with E-state index in [1.54, 1.807) is 0 Å². The Hall–Kier alpha value is 0.254. The van der Waals surface area contributed by atoms with E-state index in [0.29, 0.717) is 0 Å². The quantitative estimate of drug-likeness (QED) is 0.401. The Bertz CT molecular complexity index is 138. The summed E-state index contributed by atoms with van der Waals surface area (Å²) in [4.78, 5) is 0. The molecule has 1 nitrogen and oxygen atoms in total. The first-order valence-corrected chi connectivity index (χ1v) is 2.21. The molecule has 0 aliphatic carbocycles. The Morgan fingerprint density at radius 3 is 2.00 bits per heavy atom. The van der Waals surface area contributed by atoms with Crippen molar-refractivity contribution in [3.8, 4) is 0 Å². The zero-order valence-corrected chi connectivity index (χ0v) is 7.67. The van der Waals surface area contributed by atoms with Gasteiger partial charge in [0.2, 0.25) is 0 Å². The van der Waals surface area contributed by atoms with Crippen LogP contribution in [0, 0.1) is 6.07 Å². The average Bonchev–Trinajstić information content (AvgIpc) is 1.69. The summed E-state index contributed by atoms with van der Waals surface area (Å²) < 4.78 is 1.97. The molecule has 0 spiro atoms. The number of hydrogen-bond acceptors (Lipinski definition) is 0. The zero-order valence-electron chi connectivity index (χ0n) is 4.83. The number of hydrogen-bond donors (Lipinski definition) is 0. The molecule has 0 saturated heterocycles. The maximum absolute atomic E-state index is 2.91. The molecule has 1 radical (unpaired) electrons. The number of nitrogens with zero attached hydrogens (tertiary/aromatic N) is 1. The van der Waals surface area contributed by atoms with Gasteiger partial charge < -0.3 is 4.57 Å². The standard InChI is InChI=1S/C6H7N.Y/c1-7-5-3-2-4-6-7;/h3-6H,1H3;. The third kappa shape index (κ3) is 2.53. The van der Waals surface area contributed by atoms with E-state index in [4.69, 9.17) is 0 Å². The van der Waals surface area contributed by atoms with Gasteiger partial charge in [0, 0.05) is 32.7 Å². The Morgan fingerprint density at radius 2 is 1.75 bits per heavy atom. The molecule has 0 fully saturated rings. The topological polar surface area (TPSA) is 3.88 Å². The van der Waals surface area contributed by atoms with Gasteiger partial charge in [0.05, 0.1) is 12.4 Å². The molecule has 0 unspecified atom stereocenters. The first-order valence-electron chi connectivity index (χ1n) is 2.21. The van der Waals surface area contributed by atoms with Crippen LogP contribution < -0.4 is 4.57 Å². The smallest absolute Gasteiger partial charge is 0.115 e. The summed E-state index contributed by atoms with van der Waals surface area (Å²) in [7, 11) is 1.98. The molecule has 0 aliphatic rings. The van der Waals surface area contributed by atoms with E-state index >= 15 is 0 Å². The monoisotopic (exact) mass is 182 g/mol. The van der Waals surface area contributed by atoms with Crippen LogP contribution in [0.15, 0.2) is 24.5 Å². The molecular formula is C6H7NY. The second-order valence-corrected chi connectivity index (χ2v) is 1.46. The third-order valence-corrected chi connectivity index (χ3v) is 0.812. The zero-order chi connectivity index (χ0) is 5.11. The predicted octanol–water partition coefficient (Wildman–Crippen LogP) is 0.309. The van der Waals surface area contributed by atoms with Gasteiger partial charge in [-0.2, -0.15) is 6.07 Å². The van der Waals surface area contributed by atoms with E-state index in [2.05, 4.69) is 6.07 Å². The molecule has 1 aromatic rings. The molecule has 0 aliphatic heterocycles. The van der Waals surface area contributed by atoms with E-state index in [1.165, 1.54) is 0 Å². The summed E-state index contributed by atoms with van der Waals surface area (Å²) in [6.45, 7) is 0. The second-order valence-electron chi connectivity index (χ2n) is 1.46. The van der Waals surface area contributed by atoms with Crippen LogP contribution in [0.3, 0.4) is 0 Å². The van der Waals surface area contributed by atoms with Gasteiger partial charge in [-0.25, -0.2) is 0 Å². The minimum Gasteiger partial charge on any atom is -0.314 e. The number of rotatable bonds is 0. The van der Waals surface area contributed by atoms with Crippen LogP contribution >= 0.6 is 0 Å². The maximum atomic E-state index is 2.91. The molecule has 0 N–H and O–H groups in total. The largest absolute Gasteiger partial charge is 0.314 e. The molecule has 0 bridgehead atoms. The second kappa shape index (κ2) is 4.16. The molecule has 2 heteroatoms. The molecule has 1 heterocycles. The summed E-state index contributed by atoms with van der Waals surface area (Å²) >= 11 is 0. The number of aromatic nitrogens is 1. The summed E-state index contributed by atoms with van der Waals surface area (Å²) in [5.74, 6) is 0. The van der Waals surface area contributed by atoms with Gasteiger partial charge in [0.1, 0.15) is 7.05 Å². The SMILES string of the molecule is C[n+]1cc[c-]cc1.[Y]. The van der Waals surface area contributed by atoms with Crippen LogP contribution in [0.25, 0.3) is 0 Å². The predicted molar refractivity (Wildman–Crippen MR) is 26.5 cm³/mol. The summed E-state index contributed by atoms with van der Waals surface area (Å²) in [5, 5.41) is 0. The molecular weight excluding hydrogens is 175 g/mol. The van der Waals surface area contributed by atoms with Crippen molar-refractivity contribution >= 4 is 0 Å². The van der Waals surface area contributed by atoms with Crippen LogP contribution in [0.5, 0.6) is 0 Å². The van der Waals surface area contributed by atoms with Crippen LogP contribution in [-0.4, -0.2) is 0 Å². The van der Waals surface area contributed by atoms with Crippen molar-refractivity contribution in [1.29, 1.82) is 0 Å². The first-order chi connectivity index (χ1) is 3.39. The third-order valence-electron chi connectivity index (χ3n) is 0.812. The van der Waals surface area contributed by atoms with Crippen LogP contribution in [0.1, 0.15) is 0 Å². The van der Waals surface area contributed by atoms with Crippen molar-refractivity contribution in [2.45, 2.75) is 0 Å². The van der Waals surface area contributed by atoms with Crippen molar-refractivity contribution in [1.82, 2.24) is 0 Å². The minimum absolute atomic E-state index is 0. The molecule has 0 aromatic carbocycles. The van der Waals surface area contributed by atoms with Crippen molar-refractivity contribution in [2.75, 3.05) is 0 Å². The Balaban J connectivity index is 0.000000490. The van der Waals surface area contributed by atoms with Crippen molar-refractivity contribution in [2.24, 2.45) is 7.05 Å². The summed E-state index contributed by atoms with van der Waals surface area (Å²) in [6.07, 6.45) is 3.89. The molecule has 0 amide bonds. The van der Waals surface area contributed by atoms with E-state index in [-0.39, 0.29) is 32.7 Å². The van der Waals surface area contributed by atoms with Gasteiger partial charge in [0.15, 0.2) is 0 Å². The van der Waals surface area contributed by atoms with Crippen molar-refractivity contribution in [3.63, 3.8) is 0 Å². The van der Waals surface area contributed by atoms with Gasteiger partial charge >= 0.3 is 0 Å². The fourth-order valence-corrected chi connectivity index (χ4v) is 0.426. The van der Waals surface area contributed by atoms with E-state index in [9.17, 15) is 0 Å². The summed E-state index contributed by atoms with van der Waals surface area (Å²) in [5.41, 5.74) is 0. The Labute approximate surface area is 74.6 Å². The molecule has 39 valence electrons. The van der Waals surface area contributed by atoms with Gasteiger partial charge in [-0.1, -0.05) is 0 Å². The number of pyridine rings is 1. The minimum atomic E-state index is 0. The summed E-state index contributed by atoms with van der Waals surface area (Å²) in [6, 6.07) is 6.66. The van der Waals surface area contributed by atoms with Gasteiger partial charge in [-0.15, -0.1) is 12.1 Å². The molecule has 0 saturated carbocycles. The average molecular weight is 182 g/mol. The molecule has 0 atom stereocenters. The molecule has 8 heavy (non-hydrogen) atoms. The van der Waals surface area contributed by atoms with Crippen LogP contribution in [0.4, 0.5) is 0 Å². The van der Waals surface area contributed by atoms with E-state index < -0.39 is 0 Å². The van der Waals surface area contributed by atoms with Crippen molar-refractivity contribution < 1.29 is 37.3 Å². The Morgan fingerprint density at radius 1 is 1.25 bits per heavy atom. The van der Waals surface area contributed by atoms with Crippen molar-refractivity contribution in [3.05, 3.63) is 30.6 Å². The van der Waals surface area contributed by atoms with E-state index in [0.717, 1.165) is 0 Å². The Kier molecular flexibility index (Phi) is 4.30. The van der Waals surface area contributed by atoms with Crippen LogP contribution in [0.2, 0.25) is 0 Å².